The first-order chi connectivity index (χ1) is 11.4. The van der Waals surface area contributed by atoms with Crippen LogP contribution in [0.2, 0.25) is 0 Å². The van der Waals surface area contributed by atoms with Crippen molar-refractivity contribution in [3.8, 4) is 11.5 Å². The van der Waals surface area contributed by atoms with Crippen LogP contribution in [-0.4, -0.2) is 35.0 Å². The van der Waals surface area contributed by atoms with Crippen molar-refractivity contribution in [3.63, 3.8) is 0 Å². The summed E-state index contributed by atoms with van der Waals surface area (Å²) in [4.78, 5) is 23.0. The van der Waals surface area contributed by atoms with E-state index >= 15 is 0 Å². The Morgan fingerprint density at radius 2 is 2.21 bits per heavy atom. The molecular weight excluding hydrogens is 350 g/mol. The van der Waals surface area contributed by atoms with E-state index in [0.29, 0.717) is 26.3 Å². The Morgan fingerprint density at radius 1 is 1.46 bits per heavy atom. The van der Waals surface area contributed by atoms with E-state index in [2.05, 4.69) is 5.32 Å². The van der Waals surface area contributed by atoms with Gasteiger partial charge in [-0.05, 0) is 18.6 Å². The summed E-state index contributed by atoms with van der Waals surface area (Å²) in [5, 5.41) is 11.4. The van der Waals surface area contributed by atoms with Crippen LogP contribution in [-0.2, 0) is 9.59 Å². The third kappa shape index (κ3) is 4.36. The van der Waals surface area contributed by atoms with E-state index in [1.807, 2.05) is 0 Å². The van der Waals surface area contributed by atoms with Gasteiger partial charge in [0.1, 0.15) is 4.32 Å². The molecule has 0 unspecified atom stereocenters. The molecule has 1 saturated heterocycles. The third-order valence-corrected chi connectivity index (χ3v) is 4.41. The predicted octanol–water partition coefficient (Wildman–Crippen LogP) is 2.59. The molecule has 1 aliphatic heterocycles. The molecule has 0 aromatic heterocycles. The highest BCUT2D eigenvalue weighted by molar-refractivity contribution is 8.26. The summed E-state index contributed by atoms with van der Waals surface area (Å²) in [6.45, 7) is 1.32. The summed E-state index contributed by atoms with van der Waals surface area (Å²) < 4.78 is 11.0. The van der Waals surface area contributed by atoms with Crippen LogP contribution in [0.1, 0.15) is 12.5 Å². The molecule has 2 rings (SSSR count). The molecule has 24 heavy (non-hydrogen) atoms. The zero-order valence-corrected chi connectivity index (χ0v) is 14.6. The zero-order valence-electron chi connectivity index (χ0n) is 13.0. The molecule has 1 heterocycles. The van der Waals surface area contributed by atoms with Gasteiger partial charge in [-0.3, -0.25) is 4.79 Å². The van der Waals surface area contributed by atoms with Gasteiger partial charge in [0.2, 0.25) is 0 Å². The molecule has 126 valence electrons. The number of nitrogens with one attached hydrogen (secondary N) is 1. The monoisotopic (exact) mass is 365 g/mol. The van der Waals surface area contributed by atoms with Crippen LogP contribution in [0.25, 0.3) is 6.08 Å². The predicted molar refractivity (Wildman–Crippen MR) is 96.2 cm³/mol. The average molecular weight is 365 g/mol. The van der Waals surface area contributed by atoms with E-state index in [0.717, 1.165) is 5.57 Å². The van der Waals surface area contributed by atoms with Crippen molar-refractivity contribution in [1.82, 2.24) is 5.32 Å². The lowest BCUT2D eigenvalue weighted by Gasteiger charge is -2.12. The number of rotatable bonds is 6. The van der Waals surface area contributed by atoms with Crippen molar-refractivity contribution >= 4 is 46.3 Å². The Balaban J connectivity index is 2.31. The highest BCUT2D eigenvalue weighted by Gasteiger charge is 2.23. The van der Waals surface area contributed by atoms with Crippen LogP contribution in [0.4, 0.5) is 0 Å². The second-order valence-electron chi connectivity index (χ2n) is 4.75. The summed E-state index contributed by atoms with van der Waals surface area (Å²) in [7, 11) is 1.48. The number of carboxylic acid groups (broad SMARTS) is 1. The van der Waals surface area contributed by atoms with E-state index in [1.54, 1.807) is 37.3 Å². The molecule has 0 saturated carbocycles. The van der Waals surface area contributed by atoms with E-state index in [4.69, 9.17) is 26.8 Å². The topological polar surface area (TPSA) is 84.9 Å². The van der Waals surface area contributed by atoms with Gasteiger partial charge < -0.3 is 19.9 Å². The molecule has 0 radical (unpaired) electrons. The summed E-state index contributed by atoms with van der Waals surface area (Å²) in [6.07, 6.45) is 3.48. The van der Waals surface area contributed by atoms with Gasteiger partial charge in [-0.1, -0.05) is 48.3 Å². The van der Waals surface area contributed by atoms with Gasteiger partial charge in [0, 0.05) is 5.56 Å². The number of ether oxygens (including phenoxy) is 2. The standard InChI is InChI=1S/C16H15NO5S2/c1-9(14-15(20)17-16(23)24-14)6-7-10-4-3-5-11(21-2)13(10)22-8-12(18)19/h3-7H,8H2,1-2H3,(H,18,19)(H,17,20,23)/b7-6+,14-9+. The Labute approximate surface area is 148 Å². The van der Waals surface area contributed by atoms with Crippen LogP contribution in [0.5, 0.6) is 11.5 Å². The van der Waals surface area contributed by atoms with Crippen LogP contribution in [0.15, 0.2) is 34.8 Å². The van der Waals surface area contributed by atoms with Crippen LogP contribution in [0, 0.1) is 0 Å². The number of hydrogen-bond acceptors (Lipinski definition) is 6. The van der Waals surface area contributed by atoms with Gasteiger partial charge in [-0.25, -0.2) is 4.79 Å². The van der Waals surface area contributed by atoms with Gasteiger partial charge in [0.25, 0.3) is 5.91 Å². The Kier molecular flexibility index (Phi) is 5.99. The van der Waals surface area contributed by atoms with Crippen LogP contribution < -0.4 is 14.8 Å². The fourth-order valence-corrected chi connectivity index (χ4v) is 3.02. The number of amides is 1. The maximum Gasteiger partial charge on any atom is 0.341 e. The summed E-state index contributed by atoms with van der Waals surface area (Å²) in [6, 6.07) is 5.21. The van der Waals surface area contributed by atoms with Gasteiger partial charge in [0.05, 0.1) is 12.0 Å². The van der Waals surface area contributed by atoms with Gasteiger partial charge >= 0.3 is 5.97 Å². The van der Waals surface area contributed by atoms with Gasteiger partial charge in [-0.2, -0.15) is 0 Å². The van der Waals surface area contributed by atoms with Crippen LogP contribution >= 0.6 is 24.0 Å². The Morgan fingerprint density at radius 3 is 2.79 bits per heavy atom. The van der Waals surface area contributed by atoms with Crippen molar-refractivity contribution < 1.29 is 24.2 Å². The van der Waals surface area contributed by atoms with Crippen molar-refractivity contribution in [2.45, 2.75) is 6.92 Å². The van der Waals surface area contributed by atoms with Crippen LogP contribution in [0.3, 0.4) is 0 Å². The number of carbonyl (C=O) groups excluding carboxylic acids is 1. The Hall–Kier alpha value is -2.32. The van der Waals surface area contributed by atoms with Crippen molar-refractivity contribution in [2.75, 3.05) is 13.7 Å². The Bertz CT molecular complexity index is 755. The first kappa shape index (κ1) is 18.0. The quantitative estimate of drug-likeness (QED) is 0.592. The third-order valence-electron chi connectivity index (χ3n) is 3.06. The lowest BCUT2D eigenvalue weighted by molar-refractivity contribution is -0.139. The van der Waals surface area contributed by atoms with E-state index in [9.17, 15) is 9.59 Å². The molecule has 1 amide bonds. The normalized spacial score (nSPS) is 16.2. The molecule has 6 nitrogen and oxygen atoms in total. The fourth-order valence-electron chi connectivity index (χ4n) is 1.98. The number of carboxylic acids is 1. The summed E-state index contributed by atoms with van der Waals surface area (Å²) >= 11 is 6.17. The second kappa shape index (κ2) is 7.98. The second-order valence-corrected chi connectivity index (χ2v) is 6.44. The number of carbonyl (C=O) groups is 2. The number of allylic oxidation sites excluding steroid dienone is 2. The largest absolute Gasteiger partial charge is 0.493 e. The number of thiocarbonyl (C=S) groups is 1. The van der Waals surface area contributed by atoms with Crippen molar-refractivity contribution in [3.05, 3.63) is 40.3 Å². The number of aliphatic carboxylic acids is 1. The molecule has 8 heteroatoms. The number of benzene rings is 1. The molecule has 1 fully saturated rings. The van der Waals surface area contributed by atoms with Crippen molar-refractivity contribution in [2.24, 2.45) is 0 Å². The highest BCUT2D eigenvalue weighted by atomic mass is 32.2. The smallest absolute Gasteiger partial charge is 0.341 e. The molecule has 1 aromatic carbocycles. The first-order valence-electron chi connectivity index (χ1n) is 6.86. The minimum atomic E-state index is -1.08. The number of thioether (sulfide) groups is 1. The average Bonchev–Trinajstić information content (AvgIpc) is 2.89. The molecule has 0 spiro atoms. The van der Waals surface area contributed by atoms with E-state index in [1.165, 1.54) is 18.9 Å². The maximum absolute atomic E-state index is 11.8. The fraction of sp³-hybridized carbons (Fsp3) is 0.188. The minimum Gasteiger partial charge on any atom is -0.493 e. The number of para-hydroxylation sites is 1. The lowest BCUT2D eigenvalue weighted by Crippen LogP contribution is -2.18. The lowest BCUT2D eigenvalue weighted by atomic mass is 10.1. The summed E-state index contributed by atoms with van der Waals surface area (Å²) in [5.74, 6) is -0.546. The first-order valence-corrected chi connectivity index (χ1v) is 8.08. The van der Waals surface area contributed by atoms with E-state index < -0.39 is 12.6 Å². The molecule has 1 aromatic rings. The van der Waals surface area contributed by atoms with Gasteiger partial charge in [-0.15, -0.1) is 0 Å². The zero-order chi connectivity index (χ0) is 17.7. The maximum atomic E-state index is 11.8. The van der Waals surface area contributed by atoms with Gasteiger partial charge in [0.15, 0.2) is 18.1 Å². The SMILES string of the molecule is COc1cccc(/C=C/C(C)=C2/SC(=S)NC2=O)c1OCC(=O)O. The molecule has 0 bridgehead atoms. The highest BCUT2D eigenvalue weighted by Crippen LogP contribution is 2.33. The summed E-state index contributed by atoms with van der Waals surface area (Å²) in [5.41, 5.74) is 1.38. The van der Waals surface area contributed by atoms with Crippen molar-refractivity contribution in [1.29, 1.82) is 0 Å². The molecule has 0 atom stereocenters. The minimum absolute atomic E-state index is 0.222. The number of methoxy groups -OCH3 is 1. The molecular formula is C16H15NO5S2. The van der Waals surface area contributed by atoms with E-state index in [-0.39, 0.29) is 5.91 Å². The molecule has 2 N–H and O–H groups in total. The number of hydrogen-bond donors (Lipinski definition) is 2. The molecule has 1 aliphatic rings. The molecule has 0 aliphatic carbocycles.